The highest BCUT2D eigenvalue weighted by molar-refractivity contribution is 9.10. The van der Waals surface area contributed by atoms with E-state index in [2.05, 4.69) is 38.5 Å². The molecule has 3 rings (SSSR count). The molecule has 6 nitrogen and oxygen atoms in total. The first kappa shape index (κ1) is 18.7. The smallest absolute Gasteiger partial charge is 0.319 e. The van der Waals surface area contributed by atoms with Crippen LogP contribution < -0.4 is 16.0 Å². The van der Waals surface area contributed by atoms with E-state index in [0.717, 1.165) is 15.4 Å². The molecule has 0 saturated heterocycles. The van der Waals surface area contributed by atoms with E-state index in [1.807, 2.05) is 25.1 Å². The van der Waals surface area contributed by atoms with Gasteiger partial charge in [0.1, 0.15) is 5.58 Å². The molecule has 0 aliphatic heterocycles. The summed E-state index contributed by atoms with van der Waals surface area (Å²) in [5.41, 5.74) is 2.64. The van der Waals surface area contributed by atoms with E-state index in [1.54, 1.807) is 30.3 Å². The van der Waals surface area contributed by atoms with Crippen molar-refractivity contribution in [2.45, 2.75) is 6.92 Å². The second-order valence-electron chi connectivity index (χ2n) is 5.85. The molecule has 3 aromatic rings. The predicted molar refractivity (Wildman–Crippen MR) is 110 cm³/mol. The Balaban J connectivity index is 1.70. The molecule has 0 radical (unpaired) electrons. The third-order valence-electron chi connectivity index (χ3n) is 3.91. The highest BCUT2D eigenvalue weighted by atomic mass is 79.9. The van der Waals surface area contributed by atoms with Crippen LogP contribution in [0.5, 0.6) is 0 Å². The van der Waals surface area contributed by atoms with Crippen molar-refractivity contribution in [3.05, 3.63) is 70.9 Å². The second-order valence-corrected chi connectivity index (χ2v) is 6.77. The molecular formula is C20H18BrN3O3. The maximum absolute atomic E-state index is 12.6. The zero-order valence-corrected chi connectivity index (χ0v) is 16.2. The van der Waals surface area contributed by atoms with Gasteiger partial charge in [-0.1, -0.05) is 22.0 Å². The molecule has 1 heterocycles. The van der Waals surface area contributed by atoms with Crippen molar-refractivity contribution in [1.29, 1.82) is 0 Å². The summed E-state index contributed by atoms with van der Waals surface area (Å²) in [6.07, 6.45) is 1.59. The summed E-state index contributed by atoms with van der Waals surface area (Å²) in [5.74, 6) is -0.0571. The Morgan fingerprint density at radius 2 is 1.78 bits per heavy atom. The summed E-state index contributed by atoms with van der Waals surface area (Å²) in [5, 5.41) is 9.00. The molecule has 0 atom stereocenters. The van der Waals surface area contributed by atoms with Gasteiger partial charge >= 0.3 is 6.03 Å². The van der Waals surface area contributed by atoms with Gasteiger partial charge < -0.3 is 20.4 Å². The number of anilines is 2. The molecule has 0 bridgehead atoms. The zero-order valence-electron chi connectivity index (χ0n) is 14.6. The number of carbonyl (C=O) groups is 2. The van der Waals surface area contributed by atoms with Gasteiger partial charge in [0.25, 0.3) is 5.91 Å². The Labute approximate surface area is 164 Å². The number of halogens is 1. The van der Waals surface area contributed by atoms with Gasteiger partial charge in [-0.2, -0.15) is 0 Å². The van der Waals surface area contributed by atoms with Crippen LogP contribution in [0, 0.1) is 6.92 Å². The van der Waals surface area contributed by atoms with E-state index >= 15 is 0 Å². The molecule has 0 spiro atoms. The third-order valence-corrected chi connectivity index (χ3v) is 4.41. The fourth-order valence-corrected chi connectivity index (χ4v) is 2.94. The summed E-state index contributed by atoms with van der Waals surface area (Å²) >= 11 is 3.42. The van der Waals surface area contributed by atoms with Crippen LogP contribution in [-0.2, 0) is 0 Å². The monoisotopic (exact) mass is 427 g/mol. The molecule has 138 valence electrons. The number of hydrogen-bond donors (Lipinski definition) is 3. The number of furan rings is 1. The number of urea groups is 1. The molecule has 27 heavy (non-hydrogen) atoms. The van der Waals surface area contributed by atoms with Crippen molar-refractivity contribution in [1.82, 2.24) is 5.32 Å². The highest BCUT2D eigenvalue weighted by Crippen LogP contribution is 2.28. The number of rotatable bonds is 5. The minimum atomic E-state index is -0.329. The van der Waals surface area contributed by atoms with Gasteiger partial charge in [0.15, 0.2) is 5.76 Å². The molecule has 1 aromatic heterocycles. The second kappa shape index (κ2) is 8.09. The molecule has 0 aliphatic rings. The first-order valence-corrected chi connectivity index (χ1v) is 9.03. The number of nitrogens with one attached hydrogen (secondary N) is 3. The molecule has 0 unspecified atom stereocenters. The standard InChI is InChI=1S/C20H18BrN3O3/c1-3-10-22-20(26)24-15-7-5-14(6-8-15)23-19(25)18-12(2)16-11-13(21)4-9-17(16)27-18/h3-9,11H,1,10H2,2H3,(H,23,25)(H2,22,24,26). The van der Waals surface area contributed by atoms with Crippen molar-refractivity contribution in [2.75, 3.05) is 17.2 Å². The van der Waals surface area contributed by atoms with Crippen LogP contribution in [-0.4, -0.2) is 18.5 Å². The Morgan fingerprint density at radius 1 is 1.11 bits per heavy atom. The van der Waals surface area contributed by atoms with Gasteiger partial charge in [-0.15, -0.1) is 6.58 Å². The van der Waals surface area contributed by atoms with E-state index in [-0.39, 0.29) is 17.7 Å². The van der Waals surface area contributed by atoms with Gasteiger partial charge in [-0.25, -0.2) is 4.79 Å². The largest absolute Gasteiger partial charge is 0.451 e. The van der Waals surface area contributed by atoms with Crippen LogP contribution in [0.1, 0.15) is 16.1 Å². The Hall–Kier alpha value is -3.06. The van der Waals surface area contributed by atoms with Crippen LogP contribution >= 0.6 is 15.9 Å². The lowest BCUT2D eigenvalue weighted by Gasteiger charge is -2.08. The first-order valence-electron chi connectivity index (χ1n) is 8.23. The predicted octanol–water partition coefficient (Wildman–Crippen LogP) is 5.06. The molecule has 3 amide bonds. The van der Waals surface area contributed by atoms with E-state index < -0.39 is 0 Å². The number of aryl methyl sites for hydroxylation is 1. The summed E-state index contributed by atoms with van der Waals surface area (Å²) in [4.78, 5) is 24.2. The number of benzene rings is 2. The lowest BCUT2D eigenvalue weighted by Crippen LogP contribution is -2.28. The fourth-order valence-electron chi connectivity index (χ4n) is 2.57. The van der Waals surface area contributed by atoms with Crippen molar-refractivity contribution in [3.8, 4) is 0 Å². The van der Waals surface area contributed by atoms with E-state index in [4.69, 9.17) is 4.42 Å². The van der Waals surface area contributed by atoms with Gasteiger partial charge in [-0.05, 0) is 49.4 Å². The third kappa shape index (κ3) is 4.38. The zero-order chi connectivity index (χ0) is 19.4. The number of amides is 3. The summed E-state index contributed by atoms with van der Waals surface area (Å²) < 4.78 is 6.62. The van der Waals surface area contributed by atoms with Crippen molar-refractivity contribution in [2.24, 2.45) is 0 Å². The minimum absolute atomic E-state index is 0.272. The maximum Gasteiger partial charge on any atom is 0.319 e. The van der Waals surface area contributed by atoms with Crippen LogP contribution in [0.3, 0.4) is 0 Å². The summed E-state index contributed by atoms with van der Waals surface area (Å²) in [7, 11) is 0. The molecular weight excluding hydrogens is 410 g/mol. The average molecular weight is 428 g/mol. The van der Waals surface area contributed by atoms with Crippen LogP contribution in [0.25, 0.3) is 11.0 Å². The molecule has 3 N–H and O–H groups in total. The van der Waals surface area contributed by atoms with Crippen LogP contribution in [0.2, 0.25) is 0 Å². The number of carbonyl (C=O) groups excluding carboxylic acids is 2. The fraction of sp³-hybridized carbons (Fsp3) is 0.100. The van der Waals surface area contributed by atoms with Crippen LogP contribution in [0.15, 0.2) is 64.0 Å². The van der Waals surface area contributed by atoms with E-state index in [0.29, 0.717) is 23.5 Å². The molecule has 0 saturated carbocycles. The van der Waals surface area contributed by atoms with Gasteiger partial charge in [0.2, 0.25) is 0 Å². The maximum atomic E-state index is 12.6. The SMILES string of the molecule is C=CCNC(=O)Nc1ccc(NC(=O)c2oc3ccc(Br)cc3c2C)cc1. The van der Waals surface area contributed by atoms with Gasteiger partial charge in [0.05, 0.1) is 0 Å². The van der Waals surface area contributed by atoms with Crippen LogP contribution in [0.4, 0.5) is 16.2 Å². The average Bonchev–Trinajstić information content (AvgIpc) is 2.98. The van der Waals surface area contributed by atoms with Crippen molar-refractivity contribution in [3.63, 3.8) is 0 Å². The lowest BCUT2D eigenvalue weighted by atomic mass is 10.1. The van der Waals surface area contributed by atoms with E-state index in [9.17, 15) is 9.59 Å². The summed E-state index contributed by atoms with van der Waals surface area (Å²) in [6, 6.07) is 12.1. The number of fused-ring (bicyclic) bond motifs is 1. The topological polar surface area (TPSA) is 83.4 Å². The first-order chi connectivity index (χ1) is 13.0. The molecule has 7 heteroatoms. The molecule has 0 aliphatic carbocycles. The number of hydrogen-bond acceptors (Lipinski definition) is 3. The molecule has 2 aromatic carbocycles. The Kier molecular flexibility index (Phi) is 5.61. The summed E-state index contributed by atoms with van der Waals surface area (Å²) in [6.45, 7) is 5.77. The van der Waals surface area contributed by atoms with E-state index in [1.165, 1.54) is 0 Å². The Morgan fingerprint density at radius 3 is 2.44 bits per heavy atom. The lowest BCUT2D eigenvalue weighted by molar-refractivity contribution is 0.0998. The van der Waals surface area contributed by atoms with Crippen molar-refractivity contribution < 1.29 is 14.0 Å². The highest BCUT2D eigenvalue weighted by Gasteiger charge is 2.18. The minimum Gasteiger partial charge on any atom is -0.451 e. The van der Waals surface area contributed by atoms with Gasteiger partial charge in [0, 0.05) is 33.3 Å². The molecule has 0 fully saturated rings. The van der Waals surface area contributed by atoms with Crippen molar-refractivity contribution >= 4 is 50.2 Å². The van der Waals surface area contributed by atoms with Gasteiger partial charge in [-0.3, -0.25) is 4.79 Å². The quantitative estimate of drug-likeness (QED) is 0.497. The Bertz CT molecular complexity index is 1010. The normalized spacial score (nSPS) is 10.4.